The van der Waals surface area contributed by atoms with Gasteiger partial charge >= 0.3 is 5.97 Å². The summed E-state index contributed by atoms with van der Waals surface area (Å²) >= 11 is 0. The molecule has 5 heteroatoms. The summed E-state index contributed by atoms with van der Waals surface area (Å²) < 4.78 is 10.6. The van der Waals surface area contributed by atoms with E-state index in [-0.39, 0.29) is 17.1 Å². The van der Waals surface area contributed by atoms with Gasteiger partial charge in [0.15, 0.2) is 0 Å². The van der Waals surface area contributed by atoms with Gasteiger partial charge in [0.25, 0.3) is 0 Å². The average Bonchev–Trinajstić information content (AvgIpc) is 2.76. The van der Waals surface area contributed by atoms with Gasteiger partial charge in [0.1, 0.15) is 12.0 Å². The minimum atomic E-state index is -0.964. The zero-order chi connectivity index (χ0) is 13.3. The Morgan fingerprint density at radius 2 is 2.39 bits per heavy atom. The lowest BCUT2D eigenvalue weighted by molar-refractivity contribution is -0.0982. The molecule has 1 saturated carbocycles. The molecule has 1 aliphatic rings. The van der Waals surface area contributed by atoms with Crippen LogP contribution in [0.2, 0.25) is 0 Å². The quantitative estimate of drug-likeness (QED) is 0.838. The molecule has 2 N–H and O–H groups in total. The van der Waals surface area contributed by atoms with Crippen LogP contribution in [-0.2, 0) is 11.3 Å². The number of hydrogen-bond donors (Lipinski definition) is 2. The summed E-state index contributed by atoms with van der Waals surface area (Å²) in [6, 6.07) is 1.91. The van der Waals surface area contributed by atoms with Crippen LogP contribution in [0.25, 0.3) is 0 Å². The highest BCUT2D eigenvalue weighted by Gasteiger charge is 2.48. The number of rotatable bonds is 5. The maximum Gasteiger partial charge on any atom is 0.338 e. The fourth-order valence-corrected chi connectivity index (χ4v) is 2.44. The maximum atomic E-state index is 10.7. The first-order valence-corrected chi connectivity index (χ1v) is 6.02. The number of carboxylic acid groups (broad SMARTS) is 1. The van der Waals surface area contributed by atoms with Gasteiger partial charge in [0.2, 0.25) is 0 Å². The summed E-state index contributed by atoms with van der Waals surface area (Å²) in [7, 11) is 1.73. The summed E-state index contributed by atoms with van der Waals surface area (Å²) in [4.78, 5) is 10.7. The highest BCUT2D eigenvalue weighted by Crippen LogP contribution is 2.42. The second-order valence-corrected chi connectivity index (χ2v) is 5.32. The third-order valence-corrected chi connectivity index (χ3v) is 3.89. The van der Waals surface area contributed by atoms with E-state index in [1.54, 1.807) is 13.2 Å². The molecular formula is C13H19NO4. The van der Waals surface area contributed by atoms with Gasteiger partial charge < -0.3 is 19.6 Å². The molecule has 18 heavy (non-hydrogen) atoms. The third-order valence-electron chi connectivity index (χ3n) is 3.89. The molecule has 5 nitrogen and oxygen atoms in total. The van der Waals surface area contributed by atoms with E-state index in [4.69, 9.17) is 14.3 Å². The lowest BCUT2D eigenvalue weighted by Gasteiger charge is -2.51. The van der Waals surface area contributed by atoms with Crippen LogP contribution < -0.4 is 5.32 Å². The van der Waals surface area contributed by atoms with Gasteiger partial charge in [-0.25, -0.2) is 4.79 Å². The minimum absolute atomic E-state index is 0.0942. The number of carbonyl (C=O) groups is 1. The minimum Gasteiger partial charge on any atom is -0.478 e. The van der Waals surface area contributed by atoms with E-state index in [9.17, 15) is 4.79 Å². The molecule has 1 aliphatic carbocycles. The molecule has 0 saturated heterocycles. The predicted molar refractivity (Wildman–Crippen MR) is 65.5 cm³/mol. The Kier molecular flexibility index (Phi) is 3.45. The number of methoxy groups -OCH3 is 1. The van der Waals surface area contributed by atoms with Gasteiger partial charge in [0, 0.05) is 18.6 Å². The molecule has 1 aromatic heterocycles. The Bertz CT molecular complexity index is 438. The average molecular weight is 253 g/mol. The van der Waals surface area contributed by atoms with Crippen LogP contribution in [0, 0.1) is 5.41 Å². The van der Waals surface area contributed by atoms with Crippen LogP contribution in [-0.4, -0.2) is 30.3 Å². The van der Waals surface area contributed by atoms with Crippen molar-refractivity contribution < 1.29 is 19.1 Å². The summed E-state index contributed by atoms with van der Waals surface area (Å²) in [6.07, 6.45) is 2.51. The van der Waals surface area contributed by atoms with Crippen molar-refractivity contribution in [3.05, 3.63) is 23.7 Å². The van der Waals surface area contributed by atoms with Gasteiger partial charge in [-0.05, 0) is 12.5 Å². The van der Waals surface area contributed by atoms with Gasteiger partial charge in [0.05, 0.1) is 18.2 Å². The van der Waals surface area contributed by atoms with E-state index in [1.807, 2.05) is 0 Å². The lowest BCUT2D eigenvalue weighted by atomic mass is 9.64. The van der Waals surface area contributed by atoms with Crippen LogP contribution in [0.4, 0.5) is 0 Å². The molecule has 1 aromatic rings. The monoisotopic (exact) mass is 253 g/mol. The molecule has 0 aliphatic heterocycles. The lowest BCUT2D eigenvalue weighted by Crippen LogP contribution is -2.60. The number of nitrogens with one attached hydrogen (secondary N) is 1. The molecule has 0 radical (unpaired) electrons. The fraction of sp³-hybridized carbons (Fsp3) is 0.615. The van der Waals surface area contributed by atoms with Gasteiger partial charge in [-0.2, -0.15) is 0 Å². The van der Waals surface area contributed by atoms with Crippen molar-refractivity contribution in [2.24, 2.45) is 5.41 Å². The van der Waals surface area contributed by atoms with E-state index < -0.39 is 5.97 Å². The van der Waals surface area contributed by atoms with E-state index in [0.717, 1.165) is 6.42 Å². The number of hydrogen-bond acceptors (Lipinski definition) is 4. The van der Waals surface area contributed by atoms with Crippen LogP contribution in [0.15, 0.2) is 16.7 Å². The topological polar surface area (TPSA) is 71.7 Å². The molecule has 0 bridgehead atoms. The number of furan rings is 1. The summed E-state index contributed by atoms with van der Waals surface area (Å²) in [5.41, 5.74) is 0.284. The van der Waals surface area contributed by atoms with Gasteiger partial charge in [-0.3, -0.25) is 0 Å². The zero-order valence-corrected chi connectivity index (χ0v) is 10.9. The van der Waals surface area contributed by atoms with E-state index in [1.165, 1.54) is 6.26 Å². The number of carboxylic acids is 1. The largest absolute Gasteiger partial charge is 0.478 e. The van der Waals surface area contributed by atoms with E-state index in [0.29, 0.717) is 18.3 Å². The second-order valence-electron chi connectivity index (χ2n) is 5.32. The SMILES string of the molecule is COC1CC(NCc2cc(C(=O)O)co2)C1(C)C. The molecule has 2 unspecified atom stereocenters. The number of aromatic carboxylic acids is 1. The maximum absolute atomic E-state index is 10.7. The molecule has 2 atom stereocenters. The van der Waals surface area contributed by atoms with Gasteiger partial charge in [-0.1, -0.05) is 13.8 Å². The van der Waals surface area contributed by atoms with Gasteiger partial charge in [-0.15, -0.1) is 0 Å². The smallest absolute Gasteiger partial charge is 0.338 e. The molecule has 2 rings (SSSR count). The predicted octanol–water partition coefficient (Wildman–Crippen LogP) is 1.88. The van der Waals surface area contributed by atoms with Crippen LogP contribution in [0.5, 0.6) is 0 Å². The summed E-state index contributed by atoms with van der Waals surface area (Å²) in [5.74, 6) is -0.322. The Morgan fingerprint density at radius 1 is 1.67 bits per heavy atom. The Balaban J connectivity index is 1.87. The zero-order valence-electron chi connectivity index (χ0n) is 10.9. The van der Waals surface area contributed by atoms with Crippen molar-refractivity contribution in [2.45, 2.75) is 39.0 Å². The first kappa shape index (κ1) is 13.1. The molecule has 1 heterocycles. The highest BCUT2D eigenvalue weighted by atomic mass is 16.5. The van der Waals surface area contributed by atoms with Crippen molar-refractivity contribution in [1.82, 2.24) is 5.32 Å². The first-order chi connectivity index (χ1) is 8.45. The van der Waals surface area contributed by atoms with Crippen LogP contribution in [0.3, 0.4) is 0 Å². The Labute approximate surface area is 106 Å². The van der Waals surface area contributed by atoms with Crippen LogP contribution >= 0.6 is 0 Å². The van der Waals surface area contributed by atoms with Crippen molar-refractivity contribution in [2.75, 3.05) is 7.11 Å². The van der Waals surface area contributed by atoms with Crippen molar-refractivity contribution >= 4 is 5.97 Å². The standard InChI is InChI=1S/C13H19NO4/c1-13(2)10(5-11(13)17-3)14-6-9-4-8(7-18-9)12(15)16/h4,7,10-11,14H,5-6H2,1-3H3,(H,15,16). The van der Waals surface area contributed by atoms with E-state index >= 15 is 0 Å². The Morgan fingerprint density at radius 3 is 2.89 bits per heavy atom. The highest BCUT2D eigenvalue weighted by molar-refractivity contribution is 5.87. The first-order valence-electron chi connectivity index (χ1n) is 6.02. The molecule has 1 fully saturated rings. The fourth-order valence-electron chi connectivity index (χ4n) is 2.44. The molecule has 100 valence electrons. The second kappa shape index (κ2) is 4.74. The van der Waals surface area contributed by atoms with Crippen molar-refractivity contribution in [3.63, 3.8) is 0 Å². The molecule has 0 spiro atoms. The molecule has 0 aromatic carbocycles. The van der Waals surface area contributed by atoms with Crippen molar-refractivity contribution in [1.29, 1.82) is 0 Å². The van der Waals surface area contributed by atoms with Crippen LogP contribution in [0.1, 0.15) is 36.4 Å². The summed E-state index contributed by atoms with van der Waals surface area (Å²) in [5, 5.41) is 12.2. The number of ether oxygens (including phenoxy) is 1. The third kappa shape index (κ3) is 2.28. The molecule has 0 amide bonds. The Hall–Kier alpha value is -1.33. The van der Waals surface area contributed by atoms with E-state index in [2.05, 4.69) is 19.2 Å². The summed E-state index contributed by atoms with van der Waals surface area (Å²) in [6.45, 7) is 4.86. The van der Waals surface area contributed by atoms with Crippen molar-refractivity contribution in [3.8, 4) is 0 Å². The molecular weight excluding hydrogens is 234 g/mol. The normalized spacial score (nSPS) is 25.7.